The minimum atomic E-state index is -3.75. The fourth-order valence-electron chi connectivity index (χ4n) is 4.28. The van der Waals surface area contributed by atoms with E-state index < -0.39 is 44.5 Å². The van der Waals surface area contributed by atoms with Crippen molar-refractivity contribution in [1.82, 2.24) is 24.8 Å². The summed E-state index contributed by atoms with van der Waals surface area (Å²) < 4.78 is 37.7. The fourth-order valence-corrected chi connectivity index (χ4v) is 4.85. The van der Waals surface area contributed by atoms with E-state index in [2.05, 4.69) is 25.6 Å². The lowest BCUT2D eigenvalue weighted by Crippen LogP contribution is -2.31. The summed E-state index contributed by atoms with van der Waals surface area (Å²) in [6.07, 6.45) is 3.21. The second-order valence-corrected chi connectivity index (χ2v) is 10.9. The Bertz CT molecular complexity index is 1350. The molecule has 2 aliphatic rings. The van der Waals surface area contributed by atoms with E-state index in [0.717, 1.165) is 5.56 Å². The van der Waals surface area contributed by atoms with Gasteiger partial charge in [-0.2, -0.15) is 0 Å². The largest absolute Gasteiger partial charge is 0.347 e. The van der Waals surface area contributed by atoms with Crippen LogP contribution in [0.15, 0.2) is 49.1 Å². The predicted octanol–water partition coefficient (Wildman–Crippen LogP) is 2.91. The number of rotatable bonds is 9. The van der Waals surface area contributed by atoms with E-state index in [0.29, 0.717) is 17.7 Å². The number of hydrogen-bond acceptors (Lipinski definition) is 9. The average Bonchev–Trinajstić information content (AvgIpc) is 3.61. The number of ether oxygens (including phenoxy) is 3. The molecule has 0 radical (unpaired) electrons. The van der Waals surface area contributed by atoms with E-state index in [1.807, 2.05) is 36.4 Å². The molecule has 2 unspecified atom stereocenters. The lowest BCUT2D eigenvalue weighted by Gasteiger charge is -2.21. The van der Waals surface area contributed by atoms with Crippen molar-refractivity contribution in [3.05, 3.63) is 54.6 Å². The Hall–Kier alpha value is -3.19. The van der Waals surface area contributed by atoms with Crippen LogP contribution in [0.2, 0.25) is 0 Å². The smallest absolute Gasteiger partial charge is 0.327 e. The number of carbonyl (C=O) groups excluding carboxylic acids is 1. The van der Waals surface area contributed by atoms with Crippen molar-refractivity contribution in [2.24, 2.45) is 0 Å². The van der Waals surface area contributed by atoms with Crippen molar-refractivity contribution >= 4 is 36.7 Å². The van der Waals surface area contributed by atoms with Crippen LogP contribution in [0.1, 0.15) is 25.6 Å². The summed E-state index contributed by atoms with van der Waals surface area (Å²) in [5.74, 6) is 0.241. The van der Waals surface area contributed by atoms with E-state index in [9.17, 15) is 14.3 Å². The number of aromatic nitrogens is 4. The van der Waals surface area contributed by atoms with Gasteiger partial charge in [0.05, 0.1) is 12.9 Å². The molecule has 3 N–H and O–H groups in total. The number of hydrogen-bond donors (Lipinski definition) is 3. The number of amides is 2. The highest BCUT2D eigenvalue weighted by Crippen LogP contribution is 2.45. The molecule has 0 spiro atoms. The molecular formula is C24H29N6O7P. The van der Waals surface area contributed by atoms with Crippen molar-refractivity contribution in [1.29, 1.82) is 0 Å². The molecule has 4 heterocycles. The van der Waals surface area contributed by atoms with Gasteiger partial charge in [-0.3, -0.25) is 14.4 Å². The number of fused-ring (bicyclic) bond motifs is 2. The van der Waals surface area contributed by atoms with Crippen LogP contribution in [-0.4, -0.2) is 74.4 Å². The maximum atomic E-state index is 12.1. The van der Waals surface area contributed by atoms with E-state index in [-0.39, 0.29) is 18.6 Å². The summed E-state index contributed by atoms with van der Waals surface area (Å²) in [7, 11) is -3.75. The normalized spacial score (nSPS) is 26.4. The standard InChI is InChI=1S/C24H29N6O7P/c1-3-25-24(31)29-21-18-22(27-13-26-21)30(14-28-18)23-20-19(16(35-23)12-34-38(32,33)4-2)36-17(37-20)11-10-15-8-6-5-7-9-15/h5-11,13-14,16-17,19-20,23H,3-4,12H2,1-2H3,(H,32,33)(H2,25,26,27,29,31)/t16-,17+,19?,20+,23-/m1/s1. The van der Waals surface area contributed by atoms with Crippen molar-refractivity contribution in [3.8, 4) is 0 Å². The third kappa shape index (κ3) is 5.63. The monoisotopic (exact) mass is 544 g/mol. The highest BCUT2D eigenvalue weighted by Gasteiger charge is 2.53. The van der Waals surface area contributed by atoms with Crippen LogP contribution in [0.4, 0.5) is 10.6 Å². The van der Waals surface area contributed by atoms with E-state index in [1.165, 1.54) is 12.7 Å². The fraction of sp³-hybridized carbons (Fsp3) is 0.417. The molecule has 0 aliphatic carbocycles. The molecule has 6 atom stereocenters. The first-order valence-electron chi connectivity index (χ1n) is 12.3. The second-order valence-electron chi connectivity index (χ2n) is 8.68. The Balaban J connectivity index is 1.41. The van der Waals surface area contributed by atoms with Crippen LogP contribution < -0.4 is 10.6 Å². The Labute approximate surface area is 218 Å². The number of urea groups is 1. The highest BCUT2D eigenvalue weighted by molar-refractivity contribution is 7.52. The summed E-state index contributed by atoms with van der Waals surface area (Å²) >= 11 is 0. The molecule has 2 amide bonds. The highest BCUT2D eigenvalue weighted by atomic mass is 31.2. The van der Waals surface area contributed by atoms with Gasteiger partial charge in [-0.1, -0.05) is 43.3 Å². The van der Waals surface area contributed by atoms with E-state index in [4.69, 9.17) is 18.7 Å². The summed E-state index contributed by atoms with van der Waals surface area (Å²) in [6, 6.07) is 9.31. The lowest BCUT2D eigenvalue weighted by atomic mass is 10.1. The van der Waals surface area contributed by atoms with Gasteiger partial charge in [-0.15, -0.1) is 0 Å². The van der Waals surface area contributed by atoms with Gasteiger partial charge in [0.1, 0.15) is 24.6 Å². The number of carbonyl (C=O) groups is 1. The molecule has 5 rings (SSSR count). The molecule has 0 saturated carbocycles. The Morgan fingerprint density at radius 1 is 1.16 bits per heavy atom. The number of nitrogens with zero attached hydrogens (tertiary/aromatic N) is 4. The molecule has 0 bridgehead atoms. The molecule has 38 heavy (non-hydrogen) atoms. The molecule has 2 aromatic heterocycles. The zero-order chi connectivity index (χ0) is 26.7. The van der Waals surface area contributed by atoms with Gasteiger partial charge in [-0.05, 0) is 18.6 Å². The van der Waals surface area contributed by atoms with Crippen LogP contribution in [0.5, 0.6) is 0 Å². The van der Waals surface area contributed by atoms with Crippen molar-refractivity contribution in [2.75, 3.05) is 24.6 Å². The number of nitrogens with one attached hydrogen (secondary N) is 2. The van der Waals surface area contributed by atoms with Gasteiger partial charge in [-0.25, -0.2) is 19.7 Å². The Kier molecular flexibility index (Phi) is 7.84. The van der Waals surface area contributed by atoms with Crippen molar-refractivity contribution < 1.29 is 33.0 Å². The second kappa shape index (κ2) is 11.3. The minimum absolute atomic E-state index is 0.0263. The SMILES string of the molecule is CCNC(=O)Nc1ncnc2c1ncn2[C@@H]1O[C@H](COP(=O)(O)CC)C2O[C@H](C=Cc3ccccc3)O[C@@H]21. The van der Waals surface area contributed by atoms with Crippen LogP contribution >= 0.6 is 7.60 Å². The summed E-state index contributed by atoms with van der Waals surface area (Å²) in [6.45, 7) is 3.67. The molecule has 1 aromatic carbocycles. The summed E-state index contributed by atoms with van der Waals surface area (Å²) in [5.41, 5.74) is 1.76. The molecule has 14 heteroatoms. The third-order valence-electron chi connectivity index (χ3n) is 6.16. The quantitative estimate of drug-likeness (QED) is 0.342. The number of anilines is 1. The first-order valence-corrected chi connectivity index (χ1v) is 14.0. The molecular weight excluding hydrogens is 515 g/mol. The van der Waals surface area contributed by atoms with Crippen molar-refractivity contribution in [2.45, 2.75) is 44.7 Å². The van der Waals surface area contributed by atoms with Gasteiger partial charge >= 0.3 is 13.6 Å². The molecule has 2 saturated heterocycles. The summed E-state index contributed by atoms with van der Waals surface area (Å²) in [4.78, 5) is 34.9. The lowest BCUT2D eigenvalue weighted by molar-refractivity contribution is -0.131. The summed E-state index contributed by atoms with van der Waals surface area (Å²) in [5, 5.41) is 5.31. The predicted molar refractivity (Wildman–Crippen MR) is 137 cm³/mol. The molecule has 13 nitrogen and oxygen atoms in total. The average molecular weight is 545 g/mol. The first kappa shape index (κ1) is 26.4. The van der Waals surface area contributed by atoms with Gasteiger partial charge in [0.15, 0.2) is 29.5 Å². The Morgan fingerprint density at radius 3 is 2.71 bits per heavy atom. The molecule has 3 aromatic rings. The third-order valence-corrected chi connectivity index (χ3v) is 7.51. The van der Waals surface area contributed by atoms with Gasteiger partial charge in [0.2, 0.25) is 0 Å². The van der Waals surface area contributed by atoms with Crippen LogP contribution in [-0.2, 0) is 23.3 Å². The zero-order valence-corrected chi connectivity index (χ0v) is 21.7. The number of benzene rings is 1. The van der Waals surface area contributed by atoms with Gasteiger partial charge in [0.25, 0.3) is 0 Å². The van der Waals surface area contributed by atoms with Gasteiger partial charge in [0, 0.05) is 12.7 Å². The van der Waals surface area contributed by atoms with Gasteiger partial charge < -0.3 is 28.9 Å². The van der Waals surface area contributed by atoms with Crippen LogP contribution in [0.25, 0.3) is 17.2 Å². The Morgan fingerprint density at radius 2 is 1.95 bits per heavy atom. The zero-order valence-electron chi connectivity index (χ0n) is 20.8. The minimum Gasteiger partial charge on any atom is -0.347 e. The van der Waals surface area contributed by atoms with Crippen LogP contribution in [0.3, 0.4) is 0 Å². The first-order chi connectivity index (χ1) is 18.4. The molecule has 2 aliphatic heterocycles. The maximum Gasteiger partial charge on any atom is 0.327 e. The molecule has 202 valence electrons. The maximum absolute atomic E-state index is 12.1. The van der Waals surface area contributed by atoms with Crippen molar-refractivity contribution in [3.63, 3.8) is 0 Å². The van der Waals surface area contributed by atoms with E-state index >= 15 is 0 Å². The van der Waals surface area contributed by atoms with Crippen LogP contribution in [0, 0.1) is 0 Å². The molecule has 2 fully saturated rings. The number of imidazole rings is 1. The topological polar surface area (TPSA) is 159 Å². The van der Waals surface area contributed by atoms with E-state index in [1.54, 1.807) is 24.5 Å².